The Bertz CT molecular complexity index is 359. The minimum Gasteiger partial charge on any atom is -0.330 e. The first-order valence-corrected chi connectivity index (χ1v) is 6.35. The highest BCUT2D eigenvalue weighted by Crippen LogP contribution is 2.47. The third-order valence-electron chi connectivity index (χ3n) is 4.30. The van der Waals surface area contributed by atoms with Crippen LogP contribution in [-0.2, 0) is 5.41 Å². The van der Waals surface area contributed by atoms with Gasteiger partial charge in [-0.2, -0.15) is 0 Å². The summed E-state index contributed by atoms with van der Waals surface area (Å²) in [5.41, 5.74) is 9.13. The predicted octanol–water partition coefficient (Wildman–Crippen LogP) is 1.75. The van der Waals surface area contributed by atoms with E-state index in [1.807, 2.05) is 0 Å². The number of rotatable bonds is 3. The maximum absolute atomic E-state index is 5.85. The second-order valence-corrected chi connectivity index (χ2v) is 5.30. The number of nitrogens with two attached hydrogens (primary N) is 1. The summed E-state index contributed by atoms with van der Waals surface area (Å²) >= 11 is 0. The van der Waals surface area contributed by atoms with E-state index in [9.17, 15) is 0 Å². The van der Waals surface area contributed by atoms with E-state index in [4.69, 9.17) is 5.73 Å². The summed E-state index contributed by atoms with van der Waals surface area (Å²) in [4.78, 5) is 0. The molecule has 1 aromatic rings. The van der Waals surface area contributed by atoms with Crippen LogP contribution in [0.4, 0.5) is 0 Å². The van der Waals surface area contributed by atoms with E-state index >= 15 is 0 Å². The average Bonchev–Trinajstić information content (AvgIpc) is 2.96. The van der Waals surface area contributed by atoms with Crippen LogP contribution in [0.2, 0.25) is 0 Å². The van der Waals surface area contributed by atoms with Crippen molar-refractivity contribution in [2.24, 2.45) is 5.73 Å². The second kappa shape index (κ2) is 3.86. The Hall–Kier alpha value is -0.860. The normalized spacial score (nSPS) is 26.9. The lowest BCUT2D eigenvalue weighted by Crippen LogP contribution is -2.19. The first kappa shape index (κ1) is 10.3. The van der Waals surface area contributed by atoms with Crippen LogP contribution in [0.3, 0.4) is 0 Å². The molecule has 1 unspecified atom stereocenters. The average molecular weight is 216 g/mol. The first-order valence-electron chi connectivity index (χ1n) is 6.35. The van der Waals surface area contributed by atoms with Crippen LogP contribution in [0.5, 0.6) is 0 Å². The van der Waals surface area contributed by atoms with E-state index in [1.165, 1.54) is 36.9 Å². The monoisotopic (exact) mass is 216 g/mol. The Morgan fingerprint density at radius 2 is 2.00 bits per heavy atom. The van der Waals surface area contributed by atoms with Crippen molar-refractivity contribution in [3.63, 3.8) is 0 Å². The van der Waals surface area contributed by atoms with Crippen molar-refractivity contribution in [2.75, 3.05) is 19.6 Å². The van der Waals surface area contributed by atoms with Gasteiger partial charge in [-0.15, -0.1) is 0 Å². The van der Waals surface area contributed by atoms with Gasteiger partial charge >= 0.3 is 0 Å². The molecule has 86 valence electrons. The van der Waals surface area contributed by atoms with E-state index < -0.39 is 0 Å². The minimum absolute atomic E-state index is 0.340. The molecule has 0 aromatic heterocycles. The van der Waals surface area contributed by atoms with Gasteiger partial charge in [-0.1, -0.05) is 24.3 Å². The van der Waals surface area contributed by atoms with Crippen molar-refractivity contribution in [2.45, 2.75) is 30.6 Å². The maximum Gasteiger partial charge on any atom is 0.00762 e. The number of benzene rings is 1. The van der Waals surface area contributed by atoms with Gasteiger partial charge in [0.15, 0.2) is 0 Å². The van der Waals surface area contributed by atoms with Crippen molar-refractivity contribution in [3.05, 3.63) is 35.4 Å². The summed E-state index contributed by atoms with van der Waals surface area (Å²) in [5.74, 6) is 0.724. The topological polar surface area (TPSA) is 38.0 Å². The third kappa shape index (κ3) is 1.66. The molecule has 1 aliphatic carbocycles. The lowest BCUT2D eigenvalue weighted by molar-refractivity contribution is 0.701. The largest absolute Gasteiger partial charge is 0.330 e. The second-order valence-electron chi connectivity index (χ2n) is 5.30. The van der Waals surface area contributed by atoms with E-state index in [1.54, 1.807) is 0 Å². The smallest absolute Gasteiger partial charge is 0.00762 e. The molecular formula is C14H20N2. The molecule has 3 rings (SSSR count). The van der Waals surface area contributed by atoms with Crippen LogP contribution >= 0.6 is 0 Å². The molecule has 1 aromatic carbocycles. The Morgan fingerprint density at radius 3 is 2.50 bits per heavy atom. The van der Waals surface area contributed by atoms with Crippen LogP contribution in [0.25, 0.3) is 0 Å². The van der Waals surface area contributed by atoms with E-state index in [-0.39, 0.29) is 0 Å². The number of nitrogens with one attached hydrogen (secondary N) is 1. The molecule has 1 atom stereocenters. The van der Waals surface area contributed by atoms with Gasteiger partial charge < -0.3 is 11.1 Å². The Labute approximate surface area is 97.2 Å². The SMILES string of the molecule is NCC1(c2ccc(C3CCNC3)cc2)CC1. The standard InChI is InChI=1S/C14H20N2/c15-10-14(6-7-14)13-3-1-11(2-4-13)12-5-8-16-9-12/h1-4,12,16H,5-10,15H2. The van der Waals surface area contributed by atoms with Gasteiger partial charge in [0.2, 0.25) is 0 Å². The lowest BCUT2D eigenvalue weighted by Gasteiger charge is -2.15. The van der Waals surface area contributed by atoms with E-state index in [0.717, 1.165) is 19.0 Å². The Balaban J connectivity index is 1.79. The molecule has 1 aliphatic heterocycles. The van der Waals surface area contributed by atoms with Crippen LogP contribution in [0, 0.1) is 0 Å². The van der Waals surface area contributed by atoms with Crippen LogP contribution in [0.1, 0.15) is 36.3 Å². The molecule has 1 heterocycles. The van der Waals surface area contributed by atoms with Crippen LogP contribution in [0.15, 0.2) is 24.3 Å². The molecule has 2 nitrogen and oxygen atoms in total. The Kier molecular flexibility index (Phi) is 2.49. The van der Waals surface area contributed by atoms with Gasteiger partial charge in [0, 0.05) is 18.5 Å². The molecule has 0 bridgehead atoms. The van der Waals surface area contributed by atoms with Crippen LogP contribution in [-0.4, -0.2) is 19.6 Å². The van der Waals surface area contributed by atoms with Gasteiger partial charge in [0.25, 0.3) is 0 Å². The van der Waals surface area contributed by atoms with Crippen molar-refractivity contribution in [1.29, 1.82) is 0 Å². The lowest BCUT2D eigenvalue weighted by atomic mass is 9.92. The highest BCUT2D eigenvalue weighted by Gasteiger charge is 2.42. The molecule has 2 fully saturated rings. The zero-order chi connectivity index (χ0) is 11.0. The molecule has 2 aliphatic rings. The summed E-state index contributed by atoms with van der Waals surface area (Å²) in [6, 6.07) is 9.21. The summed E-state index contributed by atoms with van der Waals surface area (Å²) in [5, 5.41) is 3.42. The van der Waals surface area contributed by atoms with Crippen LogP contribution < -0.4 is 11.1 Å². The maximum atomic E-state index is 5.85. The molecule has 0 amide bonds. The molecule has 1 saturated heterocycles. The first-order chi connectivity index (χ1) is 7.84. The van der Waals surface area contributed by atoms with Gasteiger partial charge in [-0.05, 0) is 42.9 Å². The summed E-state index contributed by atoms with van der Waals surface area (Å²) < 4.78 is 0. The zero-order valence-corrected chi connectivity index (χ0v) is 9.71. The Morgan fingerprint density at radius 1 is 1.25 bits per heavy atom. The number of hydrogen-bond acceptors (Lipinski definition) is 2. The van der Waals surface area contributed by atoms with Crippen molar-refractivity contribution >= 4 is 0 Å². The van der Waals surface area contributed by atoms with E-state index in [0.29, 0.717) is 5.41 Å². The van der Waals surface area contributed by atoms with E-state index in [2.05, 4.69) is 29.6 Å². The molecule has 2 heteroatoms. The fourth-order valence-electron chi connectivity index (χ4n) is 2.81. The highest BCUT2D eigenvalue weighted by molar-refractivity contribution is 5.35. The molecule has 1 saturated carbocycles. The number of hydrogen-bond donors (Lipinski definition) is 2. The van der Waals surface area contributed by atoms with Crippen molar-refractivity contribution in [1.82, 2.24) is 5.32 Å². The summed E-state index contributed by atoms with van der Waals surface area (Å²) in [6.07, 6.45) is 3.82. The third-order valence-corrected chi connectivity index (χ3v) is 4.30. The van der Waals surface area contributed by atoms with Gasteiger partial charge in [-0.3, -0.25) is 0 Å². The molecular weight excluding hydrogens is 196 g/mol. The fourth-order valence-corrected chi connectivity index (χ4v) is 2.81. The summed E-state index contributed by atoms with van der Waals surface area (Å²) in [6.45, 7) is 3.11. The molecule has 0 spiro atoms. The van der Waals surface area contributed by atoms with Gasteiger partial charge in [0.05, 0.1) is 0 Å². The van der Waals surface area contributed by atoms with Crippen molar-refractivity contribution < 1.29 is 0 Å². The highest BCUT2D eigenvalue weighted by atomic mass is 14.9. The summed E-state index contributed by atoms with van der Waals surface area (Å²) in [7, 11) is 0. The fraction of sp³-hybridized carbons (Fsp3) is 0.571. The van der Waals surface area contributed by atoms with Gasteiger partial charge in [-0.25, -0.2) is 0 Å². The predicted molar refractivity (Wildman–Crippen MR) is 66.6 cm³/mol. The van der Waals surface area contributed by atoms with Gasteiger partial charge in [0.1, 0.15) is 0 Å². The van der Waals surface area contributed by atoms with Crippen molar-refractivity contribution in [3.8, 4) is 0 Å². The molecule has 3 N–H and O–H groups in total. The quantitative estimate of drug-likeness (QED) is 0.808. The minimum atomic E-state index is 0.340. The molecule has 0 radical (unpaired) electrons. The zero-order valence-electron chi connectivity index (χ0n) is 9.71. The molecule has 16 heavy (non-hydrogen) atoms.